The minimum absolute atomic E-state index is 0.281. The summed E-state index contributed by atoms with van der Waals surface area (Å²) in [4.78, 5) is 14.4. The molecule has 2 rings (SSSR count). The van der Waals surface area contributed by atoms with Gasteiger partial charge in [-0.25, -0.2) is 0 Å². The molecule has 1 aromatic carbocycles. The van der Waals surface area contributed by atoms with Crippen molar-refractivity contribution < 1.29 is 9.53 Å². The molecular weight excluding hydrogens is 298 g/mol. The lowest BCUT2D eigenvalue weighted by atomic mass is 9.98. The summed E-state index contributed by atoms with van der Waals surface area (Å²) in [5.41, 5.74) is 1.20. The van der Waals surface area contributed by atoms with E-state index in [4.69, 9.17) is 16.3 Å². The number of carbonyl (C=O) groups excluding carboxylic acids is 1. The zero-order valence-electron chi connectivity index (χ0n) is 13.4. The Morgan fingerprint density at radius 1 is 1.45 bits per heavy atom. The molecular formula is C18H26ClNO2. The van der Waals surface area contributed by atoms with Crippen molar-refractivity contribution in [2.24, 2.45) is 5.92 Å². The highest BCUT2D eigenvalue weighted by molar-refractivity contribution is 6.30. The number of amides is 1. The molecule has 0 saturated carbocycles. The second kappa shape index (κ2) is 9.16. The normalized spacial score (nSPS) is 18.5. The predicted octanol–water partition coefficient (Wildman–Crippen LogP) is 3.94. The molecule has 0 spiro atoms. The van der Waals surface area contributed by atoms with Crippen LogP contribution in [0.5, 0.6) is 0 Å². The Labute approximate surface area is 138 Å². The smallest absolute Gasteiger partial charge is 0.222 e. The van der Waals surface area contributed by atoms with Crippen molar-refractivity contribution in [3.05, 3.63) is 34.9 Å². The Kier molecular flexibility index (Phi) is 7.20. The topological polar surface area (TPSA) is 29.5 Å². The van der Waals surface area contributed by atoms with E-state index in [1.165, 1.54) is 12.0 Å². The highest BCUT2D eigenvalue weighted by Gasteiger charge is 2.23. The van der Waals surface area contributed by atoms with Gasteiger partial charge in [-0.1, -0.05) is 23.7 Å². The van der Waals surface area contributed by atoms with Crippen molar-refractivity contribution in [2.75, 3.05) is 26.3 Å². The molecule has 4 heteroatoms. The average molecular weight is 324 g/mol. The number of nitrogens with zero attached hydrogens (tertiary/aromatic N) is 1. The maximum Gasteiger partial charge on any atom is 0.222 e. The van der Waals surface area contributed by atoms with Crippen molar-refractivity contribution in [1.29, 1.82) is 0 Å². The number of rotatable bonds is 7. The maximum atomic E-state index is 12.3. The molecule has 0 aliphatic carbocycles. The van der Waals surface area contributed by atoms with Crippen LogP contribution in [0.2, 0.25) is 5.02 Å². The molecule has 1 aromatic rings. The van der Waals surface area contributed by atoms with Crippen molar-refractivity contribution in [3.8, 4) is 0 Å². The Balaban J connectivity index is 1.72. The summed E-state index contributed by atoms with van der Waals surface area (Å²) in [6.45, 7) is 5.31. The Morgan fingerprint density at radius 2 is 2.32 bits per heavy atom. The molecule has 1 amide bonds. The van der Waals surface area contributed by atoms with Crippen LogP contribution in [0.25, 0.3) is 0 Å². The van der Waals surface area contributed by atoms with Gasteiger partial charge in [-0.3, -0.25) is 4.79 Å². The number of likely N-dealkylation sites (tertiary alicyclic amines) is 1. The lowest BCUT2D eigenvalue weighted by Crippen LogP contribution is -2.41. The molecule has 1 unspecified atom stereocenters. The van der Waals surface area contributed by atoms with E-state index in [1.54, 1.807) is 0 Å². The third-order valence-corrected chi connectivity index (χ3v) is 4.41. The second-order valence-electron chi connectivity index (χ2n) is 5.99. The van der Waals surface area contributed by atoms with Crippen LogP contribution in [-0.4, -0.2) is 37.1 Å². The van der Waals surface area contributed by atoms with Gasteiger partial charge in [0.25, 0.3) is 0 Å². The minimum atomic E-state index is 0.281. The Hall–Kier alpha value is -1.06. The van der Waals surface area contributed by atoms with Crippen LogP contribution in [0, 0.1) is 5.92 Å². The lowest BCUT2D eigenvalue weighted by Gasteiger charge is -2.32. The number of benzene rings is 1. The van der Waals surface area contributed by atoms with Gasteiger partial charge in [0.2, 0.25) is 5.91 Å². The van der Waals surface area contributed by atoms with Gasteiger partial charge in [0.15, 0.2) is 0 Å². The molecule has 0 aromatic heterocycles. The molecule has 0 bridgehead atoms. The molecule has 1 atom stereocenters. The van der Waals surface area contributed by atoms with Crippen molar-refractivity contribution in [1.82, 2.24) is 4.90 Å². The van der Waals surface area contributed by atoms with Crippen molar-refractivity contribution in [2.45, 2.75) is 39.0 Å². The summed E-state index contributed by atoms with van der Waals surface area (Å²) in [5, 5.41) is 0.763. The van der Waals surface area contributed by atoms with Gasteiger partial charge in [-0.15, -0.1) is 0 Å². The number of aryl methyl sites for hydroxylation is 1. The summed E-state index contributed by atoms with van der Waals surface area (Å²) in [6.07, 6.45) is 4.67. The van der Waals surface area contributed by atoms with Crippen LogP contribution < -0.4 is 0 Å². The van der Waals surface area contributed by atoms with Crippen molar-refractivity contribution >= 4 is 17.5 Å². The number of halogens is 1. The van der Waals surface area contributed by atoms with Gasteiger partial charge in [-0.05, 0) is 56.2 Å². The zero-order chi connectivity index (χ0) is 15.8. The van der Waals surface area contributed by atoms with Gasteiger partial charge >= 0.3 is 0 Å². The molecule has 1 saturated heterocycles. The molecule has 1 heterocycles. The van der Waals surface area contributed by atoms with Gasteiger partial charge in [0.05, 0.1) is 6.61 Å². The molecule has 0 radical (unpaired) electrons. The highest BCUT2D eigenvalue weighted by atomic mass is 35.5. The fourth-order valence-corrected chi connectivity index (χ4v) is 3.22. The largest absolute Gasteiger partial charge is 0.381 e. The zero-order valence-corrected chi connectivity index (χ0v) is 14.1. The minimum Gasteiger partial charge on any atom is -0.381 e. The van der Waals surface area contributed by atoms with Crippen LogP contribution in [0.4, 0.5) is 0 Å². The number of piperidine rings is 1. The highest BCUT2D eigenvalue weighted by Crippen LogP contribution is 2.19. The van der Waals surface area contributed by atoms with E-state index in [9.17, 15) is 4.79 Å². The van der Waals surface area contributed by atoms with E-state index in [0.717, 1.165) is 50.6 Å². The van der Waals surface area contributed by atoms with Crippen molar-refractivity contribution in [3.63, 3.8) is 0 Å². The number of hydrogen-bond acceptors (Lipinski definition) is 2. The molecule has 3 nitrogen and oxygen atoms in total. The lowest BCUT2D eigenvalue weighted by molar-refractivity contribution is -0.133. The molecule has 0 N–H and O–H groups in total. The van der Waals surface area contributed by atoms with E-state index in [2.05, 4.69) is 6.07 Å². The first-order valence-corrected chi connectivity index (χ1v) is 8.66. The monoisotopic (exact) mass is 323 g/mol. The third kappa shape index (κ3) is 5.62. The van der Waals surface area contributed by atoms with Gasteiger partial charge in [0.1, 0.15) is 0 Å². The van der Waals surface area contributed by atoms with Gasteiger partial charge in [-0.2, -0.15) is 0 Å². The Morgan fingerprint density at radius 3 is 3.09 bits per heavy atom. The molecule has 122 valence electrons. The van der Waals surface area contributed by atoms with E-state index >= 15 is 0 Å². The van der Waals surface area contributed by atoms with Gasteiger partial charge < -0.3 is 9.64 Å². The summed E-state index contributed by atoms with van der Waals surface area (Å²) >= 11 is 5.98. The first-order chi connectivity index (χ1) is 10.7. The van der Waals surface area contributed by atoms with E-state index in [-0.39, 0.29) is 5.91 Å². The van der Waals surface area contributed by atoms with Gasteiger partial charge in [0, 0.05) is 31.1 Å². The molecule has 1 aliphatic rings. The van der Waals surface area contributed by atoms with Crippen LogP contribution in [-0.2, 0) is 16.0 Å². The molecule has 1 aliphatic heterocycles. The third-order valence-electron chi connectivity index (χ3n) is 4.17. The predicted molar refractivity (Wildman–Crippen MR) is 90.2 cm³/mol. The number of hydrogen-bond donors (Lipinski definition) is 0. The summed E-state index contributed by atoms with van der Waals surface area (Å²) in [6, 6.07) is 7.88. The fraction of sp³-hybridized carbons (Fsp3) is 0.611. The van der Waals surface area contributed by atoms with Crippen LogP contribution in [0.15, 0.2) is 24.3 Å². The summed E-state index contributed by atoms with van der Waals surface area (Å²) in [7, 11) is 0. The van der Waals surface area contributed by atoms with E-state index in [0.29, 0.717) is 12.3 Å². The van der Waals surface area contributed by atoms with Crippen LogP contribution in [0.1, 0.15) is 38.2 Å². The fourth-order valence-electron chi connectivity index (χ4n) is 3.01. The SMILES string of the molecule is CCOCC1CCCN(C(=O)CCCc2cccc(Cl)c2)C1. The van der Waals surface area contributed by atoms with Crippen LogP contribution in [0.3, 0.4) is 0 Å². The average Bonchev–Trinajstić information content (AvgIpc) is 2.53. The first-order valence-electron chi connectivity index (χ1n) is 8.29. The van der Waals surface area contributed by atoms with E-state index < -0.39 is 0 Å². The Bertz CT molecular complexity index is 478. The molecule has 22 heavy (non-hydrogen) atoms. The first kappa shape index (κ1) is 17.3. The summed E-state index contributed by atoms with van der Waals surface area (Å²) in [5.74, 6) is 0.786. The number of carbonyl (C=O) groups is 1. The van der Waals surface area contributed by atoms with E-state index in [1.807, 2.05) is 30.0 Å². The molecule has 1 fully saturated rings. The van der Waals surface area contributed by atoms with Crippen LogP contribution >= 0.6 is 11.6 Å². The second-order valence-corrected chi connectivity index (χ2v) is 6.43. The standard InChI is InChI=1S/C18H26ClNO2/c1-2-22-14-16-8-5-11-20(13-16)18(21)10-4-7-15-6-3-9-17(19)12-15/h3,6,9,12,16H,2,4-5,7-8,10-11,13-14H2,1H3. The quantitative estimate of drug-likeness (QED) is 0.760. The number of ether oxygens (including phenoxy) is 1. The maximum absolute atomic E-state index is 12.3. The summed E-state index contributed by atoms with van der Waals surface area (Å²) < 4.78 is 5.50.